The Morgan fingerprint density at radius 2 is 1.72 bits per heavy atom. The van der Waals surface area contributed by atoms with Crippen molar-refractivity contribution in [2.75, 3.05) is 51.1 Å². The Hall–Kier alpha value is -1.77. The summed E-state index contributed by atoms with van der Waals surface area (Å²) in [7, 11) is 0. The van der Waals surface area contributed by atoms with Gasteiger partial charge in [0.1, 0.15) is 11.8 Å². The van der Waals surface area contributed by atoms with Crippen molar-refractivity contribution in [2.24, 2.45) is 0 Å². The van der Waals surface area contributed by atoms with E-state index < -0.39 is 6.10 Å². The third-order valence-electron chi connectivity index (χ3n) is 5.69. The molecule has 2 unspecified atom stereocenters. The molecule has 2 heterocycles. The molecule has 8 nitrogen and oxygen atoms in total. The number of nitrogens with zero attached hydrogens (tertiary/aromatic N) is 6. The summed E-state index contributed by atoms with van der Waals surface area (Å²) in [5.41, 5.74) is 1.61. The lowest BCUT2D eigenvalue weighted by Crippen LogP contribution is -2.36. The van der Waals surface area contributed by atoms with Gasteiger partial charge in [-0.25, -0.2) is 15.0 Å². The van der Waals surface area contributed by atoms with Crippen LogP contribution in [-0.2, 0) is 0 Å². The van der Waals surface area contributed by atoms with Crippen molar-refractivity contribution in [3.05, 3.63) is 12.7 Å². The Labute approximate surface area is 175 Å². The topological polar surface area (TPSA) is 82.3 Å². The lowest BCUT2D eigenvalue weighted by molar-refractivity contribution is 0.128. The molecule has 0 saturated heterocycles. The van der Waals surface area contributed by atoms with Crippen LogP contribution in [0.5, 0.6) is 0 Å². The molecule has 8 heteroatoms. The standard InChI is InChI=1S/C21H39N7O/c1-6-26(7-2)12-10-11-17(5)28-16-25-19-20(23-15-24-21(19)28)22-13-18(29)14-27(8-3)9-4/h15-18,29H,6-14H2,1-5H3,(H,22,23,24). The van der Waals surface area contributed by atoms with Crippen LogP contribution in [0.4, 0.5) is 5.82 Å². The predicted octanol–water partition coefficient (Wildman–Crippen LogP) is 2.62. The van der Waals surface area contributed by atoms with E-state index in [9.17, 15) is 5.11 Å². The minimum absolute atomic E-state index is 0.326. The van der Waals surface area contributed by atoms with Crippen LogP contribution in [0.25, 0.3) is 11.2 Å². The zero-order valence-corrected chi connectivity index (χ0v) is 18.8. The van der Waals surface area contributed by atoms with Crippen molar-refractivity contribution < 1.29 is 5.11 Å². The molecule has 164 valence electrons. The first-order valence-electron chi connectivity index (χ1n) is 11.1. The van der Waals surface area contributed by atoms with Gasteiger partial charge in [0.25, 0.3) is 0 Å². The summed E-state index contributed by atoms with van der Waals surface area (Å²) < 4.78 is 2.14. The van der Waals surface area contributed by atoms with E-state index in [1.165, 1.54) is 0 Å². The molecule has 2 atom stereocenters. The largest absolute Gasteiger partial charge is 0.390 e. The van der Waals surface area contributed by atoms with E-state index in [0.29, 0.717) is 24.9 Å². The van der Waals surface area contributed by atoms with Gasteiger partial charge in [0, 0.05) is 19.1 Å². The Balaban J connectivity index is 1.99. The molecular weight excluding hydrogens is 366 g/mol. The van der Waals surface area contributed by atoms with Gasteiger partial charge in [-0.2, -0.15) is 0 Å². The van der Waals surface area contributed by atoms with Gasteiger partial charge in [0.2, 0.25) is 0 Å². The zero-order chi connectivity index (χ0) is 21.2. The summed E-state index contributed by atoms with van der Waals surface area (Å²) in [4.78, 5) is 18.0. The van der Waals surface area contributed by atoms with E-state index >= 15 is 0 Å². The van der Waals surface area contributed by atoms with Crippen LogP contribution in [0, 0.1) is 0 Å². The average Bonchev–Trinajstić information content (AvgIpc) is 3.18. The molecule has 2 rings (SSSR count). The average molecular weight is 406 g/mol. The van der Waals surface area contributed by atoms with Crippen molar-refractivity contribution in [2.45, 2.75) is 59.6 Å². The molecule has 0 fully saturated rings. The van der Waals surface area contributed by atoms with Gasteiger partial charge >= 0.3 is 0 Å². The minimum atomic E-state index is -0.457. The Morgan fingerprint density at radius 1 is 1.03 bits per heavy atom. The second kappa shape index (κ2) is 12.0. The van der Waals surface area contributed by atoms with Gasteiger partial charge in [-0.15, -0.1) is 0 Å². The Morgan fingerprint density at radius 3 is 2.38 bits per heavy atom. The van der Waals surface area contributed by atoms with Gasteiger partial charge in [-0.05, 0) is 52.5 Å². The molecule has 0 saturated carbocycles. The van der Waals surface area contributed by atoms with Crippen LogP contribution in [0.2, 0.25) is 0 Å². The number of anilines is 1. The quantitative estimate of drug-likeness (QED) is 0.500. The summed E-state index contributed by atoms with van der Waals surface area (Å²) in [6.07, 6.45) is 5.20. The molecule has 2 aromatic heterocycles. The molecule has 2 N–H and O–H groups in total. The van der Waals surface area contributed by atoms with Crippen molar-refractivity contribution >= 4 is 17.0 Å². The normalized spacial score (nSPS) is 14.1. The fourth-order valence-corrected chi connectivity index (χ4v) is 3.65. The molecule has 0 aromatic carbocycles. The van der Waals surface area contributed by atoms with Crippen LogP contribution < -0.4 is 5.32 Å². The number of aliphatic hydroxyl groups is 1. The summed E-state index contributed by atoms with van der Waals surface area (Å²) in [5.74, 6) is 0.683. The Kier molecular flexibility index (Phi) is 9.76. The number of aromatic nitrogens is 4. The molecule has 2 aromatic rings. The fraction of sp³-hybridized carbons (Fsp3) is 0.762. The maximum absolute atomic E-state index is 10.3. The molecule has 0 bridgehead atoms. The van der Waals surface area contributed by atoms with E-state index in [4.69, 9.17) is 0 Å². The number of fused-ring (bicyclic) bond motifs is 1. The number of rotatable bonds is 14. The van der Waals surface area contributed by atoms with Crippen LogP contribution in [0.1, 0.15) is 53.5 Å². The first-order chi connectivity index (χ1) is 14.0. The number of hydrogen-bond donors (Lipinski definition) is 2. The highest BCUT2D eigenvalue weighted by Crippen LogP contribution is 2.23. The van der Waals surface area contributed by atoms with Crippen LogP contribution in [0.3, 0.4) is 0 Å². The lowest BCUT2D eigenvalue weighted by Gasteiger charge is -2.22. The maximum atomic E-state index is 10.3. The number of imidazole rings is 1. The van der Waals surface area contributed by atoms with Crippen molar-refractivity contribution in [3.63, 3.8) is 0 Å². The van der Waals surface area contributed by atoms with Crippen molar-refractivity contribution in [1.29, 1.82) is 0 Å². The van der Waals surface area contributed by atoms with Crippen molar-refractivity contribution in [3.8, 4) is 0 Å². The van der Waals surface area contributed by atoms with Gasteiger partial charge in [-0.3, -0.25) is 0 Å². The molecule has 0 radical (unpaired) electrons. The van der Waals surface area contributed by atoms with Gasteiger partial charge in [0.05, 0.1) is 12.4 Å². The van der Waals surface area contributed by atoms with Gasteiger partial charge in [0.15, 0.2) is 11.5 Å². The monoisotopic (exact) mass is 405 g/mol. The molecular formula is C21H39N7O. The highest BCUT2D eigenvalue weighted by atomic mass is 16.3. The molecule has 0 spiro atoms. The third-order valence-corrected chi connectivity index (χ3v) is 5.69. The second-order valence-electron chi connectivity index (χ2n) is 7.59. The summed E-state index contributed by atoms with van der Waals surface area (Å²) in [5, 5.41) is 13.6. The molecule has 0 aliphatic heterocycles. The second-order valence-corrected chi connectivity index (χ2v) is 7.59. The molecule has 0 amide bonds. The Bertz CT molecular complexity index is 712. The minimum Gasteiger partial charge on any atom is -0.390 e. The highest BCUT2D eigenvalue weighted by molar-refractivity contribution is 5.82. The molecule has 0 aliphatic carbocycles. The fourth-order valence-electron chi connectivity index (χ4n) is 3.65. The first-order valence-corrected chi connectivity index (χ1v) is 11.1. The SMILES string of the molecule is CCN(CC)CCCC(C)n1cnc2c(NCC(O)CN(CC)CC)ncnc21. The van der Waals surface area contributed by atoms with Crippen LogP contribution in [0.15, 0.2) is 12.7 Å². The lowest BCUT2D eigenvalue weighted by atomic mass is 10.1. The molecule has 0 aliphatic rings. The number of nitrogens with one attached hydrogen (secondary N) is 1. The summed E-state index contributed by atoms with van der Waals surface area (Å²) in [6.45, 7) is 17.1. The highest BCUT2D eigenvalue weighted by Gasteiger charge is 2.16. The maximum Gasteiger partial charge on any atom is 0.165 e. The van der Waals surface area contributed by atoms with E-state index in [-0.39, 0.29) is 0 Å². The smallest absolute Gasteiger partial charge is 0.165 e. The molecule has 29 heavy (non-hydrogen) atoms. The number of aliphatic hydroxyl groups excluding tert-OH is 1. The van der Waals surface area contributed by atoms with Crippen molar-refractivity contribution in [1.82, 2.24) is 29.3 Å². The first kappa shape index (κ1) is 23.5. The van der Waals surface area contributed by atoms with E-state index in [2.05, 4.69) is 69.3 Å². The number of likely N-dealkylation sites (N-methyl/N-ethyl adjacent to an activating group) is 1. The third kappa shape index (κ3) is 6.62. The zero-order valence-electron chi connectivity index (χ0n) is 18.8. The van der Waals surface area contributed by atoms with E-state index in [0.717, 1.165) is 56.7 Å². The number of hydrogen-bond acceptors (Lipinski definition) is 7. The predicted molar refractivity (Wildman–Crippen MR) is 119 cm³/mol. The van der Waals surface area contributed by atoms with Gasteiger partial charge < -0.3 is 24.8 Å². The summed E-state index contributed by atoms with van der Waals surface area (Å²) in [6, 6.07) is 0.326. The van der Waals surface area contributed by atoms with Gasteiger partial charge in [-0.1, -0.05) is 27.7 Å². The van der Waals surface area contributed by atoms with E-state index in [1.54, 1.807) is 6.33 Å². The van der Waals surface area contributed by atoms with Crippen LogP contribution in [-0.4, -0.2) is 86.3 Å². The van der Waals surface area contributed by atoms with Crippen LogP contribution >= 0.6 is 0 Å². The van der Waals surface area contributed by atoms with E-state index in [1.807, 2.05) is 6.33 Å². The summed E-state index contributed by atoms with van der Waals surface area (Å²) >= 11 is 0.